The fourth-order valence-electron chi connectivity index (χ4n) is 2.60. The maximum atomic E-state index is 15.1. The average Bonchev–Trinajstić information content (AvgIpc) is 3.00. The molecule has 27 heavy (non-hydrogen) atoms. The van der Waals surface area contributed by atoms with Crippen LogP contribution in [0.15, 0.2) is 30.6 Å². The highest BCUT2D eigenvalue weighted by Crippen LogP contribution is 2.32. The number of aromatic nitrogens is 2. The highest BCUT2D eigenvalue weighted by atomic mass is 35.5. The van der Waals surface area contributed by atoms with Gasteiger partial charge in [-0.1, -0.05) is 23.1 Å². The summed E-state index contributed by atoms with van der Waals surface area (Å²) in [7, 11) is 3.58. The van der Waals surface area contributed by atoms with Crippen LogP contribution in [0.25, 0.3) is 11.0 Å². The molecule has 1 heterocycles. The lowest BCUT2D eigenvalue weighted by molar-refractivity contribution is 0.0169. The number of hydroxylamine groups is 1. The van der Waals surface area contributed by atoms with Gasteiger partial charge in [0.25, 0.3) is 5.91 Å². The van der Waals surface area contributed by atoms with E-state index < -0.39 is 11.7 Å². The standard InChI is InChI=1S/C17H17BClFN4O3/c1-24-8-21-16-13(24)7-10(17(26)23-27-5-4-25)15(14(16)20)22-12-3-2-9(18)6-11(12)19/h2-3,6-8,22,25H,4-5,18H2,1H3,(H,23,26). The predicted molar refractivity (Wildman–Crippen MR) is 104 cm³/mol. The van der Waals surface area contributed by atoms with Crippen molar-refractivity contribution in [2.75, 3.05) is 18.5 Å². The van der Waals surface area contributed by atoms with Crippen molar-refractivity contribution in [3.8, 4) is 0 Å². The zero-order valence-electron chi connectivity index (χ0n) is 14.7. The quantitative estimate of drug-likeness (QED) is 0.332. The third-order valence-electron chi connectivity index (χ3n) is 3.95. The van der Waals surface area contributed by atoms with Gasteiger partial charge >= 0.3 is 0 Å². The molecule has 0 fully saturated rings. The van der Waals surface area contributed by atoms with Crippen molar-refractivity contribution >= 4 is 53.2 Å². The highest BCUT2D eigenvalue weighted by Gasteiger charge is 2.22. The van der Waals surface area contributed by atoms with Gasteiger partial charge < -0.3 is 15.0 Å². The minimum absolute atomic E-state index is 0.0122. The number of aliphatic hydroxyl groups is 1. The molecule has 0 saturated carbocycles. The largest absolute Gasteiger partial charge is 0.394 e. The molecule has 140 valence electrons. The molecule has 0 aliphatic heterocycles. The lowest BCUT2D eigenvalue weighted by atomic mass is 9.96. The van der Waals surface area contributed by atoms with Gasteiger partial charge in [0.05, 0.1) is 47.0 Å². The smallest absolute Gasteiger partial charge is 0.277 e. The molecule has 0 unspecified atom stereocenters. The molecule has 0 aliphatic carbocycles. The number of hydrogen-bond acceptors (Lipinski definition) is 5. The molecule has 7 nitrogen and oxygen atoms in total. The number of carbonyl (C=O) groups excluding carboxylic acids is 1. The van der Waals surface area contributed by atoms with Gasteiger partial charge in [-0.05, 0) is 18.2 Å². The van der Waals surface area contributed by atoms with Crippen LogP contribution < -0.4 is 16.3 Å². The maximum Gasteiger partial charge on any atom is 0.277 e. The molecule has 0 aliphatic rings. The van der Waals surface area contributed by atoms with Crippen molar-refractivity contribution in [1.29, 1.82) is 0 Å². The van der Waals surface area contributed by atoms with Gasteiger partial charge in [-0.25, -0.2) is 14.9 Å². The van der Waals surface area contributed by atoms with Crippen LogP contribution in [0.2, 0.25) is 5.02 Å². The van der Waals surface area contributed by atoms with E-state index in [-0.39, 0.29) is 30.0 Å². The van der Waals surface area contributed by atoms with E-state index in [1.165, 1.54) is 12.4 Å². The number of aryl methyl sites for hydroxylation is 1. The van der Waals surface area contributed by atoms with Crippen LogP contribution in [-0.4, -0.2) is 41.6 Å². The van der Waals surface area contributed by atoms with Gasteiger partial charge in [-0.2, -0.15) is 0 Å². The number of carbonyl (C=O) groups is 1. The molecular weight excluding hydrogens is 373 g/mol. The zero-order valence-corrected chi connectivity index (χ0v) is 15.5. The van der Waals surface area contributed by atoms with Crippen molar-refractivity contribution < 1.29 is 19.1 Å². The summed E-state index contributed by atoms with van der Waals surface area (Å²) in [4.78, 5) is 21.4. The molecule has 10 heteroatoms. The van der Waals surface area contributed by atoms with Gasteiger partial charge in [-0.3, -0.25) is 9.63 Å². The van der Waals surface area contributed by atoms with Crippen molar-refractivity contribution in [3.05, 3.63) is 47.0 Å². The van der Waals surface area contributed by atoms with E-state index in [2.05, 4.69) is 15.8 Å². The molecule has 0 radical (unpaired) electrons. The topological polar surface area (TPSA) is 88.4 Å². The number of rotatable bonds is 6. The van der Waals surface area contributed by atoms with Crippen molar-refractivity contribution in [2.45, 2.75) is 0 Å². The Morgan fingerprint density at radius 3 is 2.93 bits per heavy atom. The van der Waals surface area contributed by atoms with Gasteiger partial charge in [0.2, 0.25) is 0 Å². The fraction of sp³-hybridized carbons (Fsp3) is 0.176. The van der Waals surface area contributed by atoms with E-state index in [1.54, 1.807) is 23.7 Å². The number of benzene rings is 2. The number of nitrogens with zero attached hydrogens (tertiary/aromatic N) is 2. The van der Waals surface area contributed by atoms with Crippen LogP contribution in [0.4, 0.5) is 15.8 Å². The van der Waals surface area contributed by atoms with Crippen LogP contribution >= 0.6 is 11.6 Å². The first kappa shape index (κ1) is 19.2. The van der Waals surface area contributed by atoms with Crippen LogP contribution in [0.5, 0.6) is 0 Å². The van der Waals surface area contributed by atoms with Crippen LogP contribution in [-0.2, 0) is 11.9 Å². The number of amides is 1. The van der Waals surface area contributed by atoms with Gasteiger partial charge in [0.1, 0.15) is 13.4 Å². The van der Waals surface area contributed by atoms with E-state index in [9.17, 15) is 4.79 Å². The summed E-state index contributed by atoms with van der Waals surface area (Å²) in [5, 5.41) is 12.0. The molecule has 3 N–H and O–H groups in total. The minimum Gasteiger partial charge on any atom is -0.394 e. The Hall–Kier alpha value is -2.62. The lowest BCUT2D eigenvalue weighted by Crippen LogP contribution is -2.26. The van der Waals surface area contributed by atoms with Crippen molar-refractivity contribution in [2.24, 2.45) is 7.05 Å². The Bertz CT molecular complexity index is 1010. The lowest BCUT2D eigenvalue weighted by Gasteiger charge is -2.15. The molecule has 3 rings (SSSR count). The van der Waals surface area contributed by atoms with Gasteiger partial charge in [0, 0.05) is 7.05 Å². The fourth-order valence-corrected chi connectivity index (χ4v) is 2.88. The van der Waals surface area contributed by atoms with E-state index >= 15 is 4.39 Å². The predicted octanol–water partition coefficient (Wildman–Crippen LogP) is 1.02. The summed E-state index contributed by atoms with van der Waals surface area (Å²) in [6.07, 6.45) is 1.46. The summed E-state index contributed by atoms with van der Waals surface area (Å²) in [5.41, 5.74) is 4.08. The van der Waals surface area contributed by atoms with E-state index in [4.69, 9.17) is 21.5 Å². The zero-order chi connectivity index (χ0) is 19.6. The molecule has 0 saturated heterocycles. The maximum absolute atomic E-state index is 15.1. The summed E-state index contributed by atoms with van der Waals surface area (Å²) in [5.74, 6) is -1.35. The van der Waals surface area contributed by atoms with Crippen LogP contribution in [0, 0.1) is 5.82 Å². The monoisotopic (exact) mass is 390 g/mol. The second-order valence-electron chi connectivity index (χ2n) is 5.95. The first-order chi connectivity index (χ1) is 12.9. The molecule has 0 spiro atoms. The van der Waals surface area contributed by atoms with E-state index in [1.807, 2.05) is 13.9 Å². The van der Waals surface area contributed by atoms with Gasteiger partial charge in [-0.15, -0.1) is 0 Å². The van der Waals surface area contributed by atoms with Crippen molar-refractivity contribution in [3.63, 3.8) is 0 Å². The summed E-state index contributed by atoms with van der Waals surface area (Å²) >= 11 is 6.23. The number of aliphatic hydroxyl groups excluding tert-OH is 1. The summed E-state index contributed by atoms with van der Waals surface area (Å²) < 4.78 is 16.7. The molecule has 0 atom stereocenters. The normalized spacial score (nSPS) is 11.0. The Morgan fingerprint density at radius 2 is 2.22 bits per heavy atom. The molecule has 2 aromatic carbocycles. The molecule has 1 aromatic heterocycles. The van der Waals surface area contributed by atoms with Crippen LogP contribution in [0.1, 0.15) is 10.4 Å². The molecular formula is C17H17BClFN4O3. The highest BCUT2D eigenvalue weighted by molar-refractivity contribution is 6.37. The second-order valence-corrected chi connectivity index (χ2v) is 6.36. The van der Waals surface area contributed by atoms with E-state index in [0.29, 0.717) is 16.2 Å². The Morgan fingerprint density at radius 1 is 1.44 bits per heavy atom. The number of imidazole rings is 1. The molecule has 3 aromatic rings. The number of halogens is 2. The second kappa shape index (κ2) is 7.95. The first-order valence-electron chi connectivity index (χ1n) is 8.12. The van der Waals surface area contributed by atoms with Gasteiger partial charge in [0.15, 0.2) is 5.82 Å². The number of fused-ring (bicyclic) bond motifs is 1. The van der Waals surface area contributed by atoms with E-state index in [0.717, 1.165) is 5.46 Å². The minimum atomic E-state index is -0.683. The number of nitrogens with one attached hydrogen (secondary N) is 2. The Labute approximate surface area is 160 Å². The third-order valence-corrected chi connectivity index (χ3v) is 4.26. The summed E-state index contributed by atoms with van der Waals surface area (Å²) in [6.45, 7) is -0.353. The van der Waals surface area contributed by atoms with Crippen molar-refractivity contribution in [1.82, 2.24) is 15.0 Å². The number of anilines is 2. The average molecular weight is 391 g/mol. The first-order valence-corrected chi connectivity index (χ1v) is 8.50. The molecule has 0 bridgehead atoms. The number of hydrogen-bond donors (Lipinski definition) is 3. The Kier molecular flexibility index (Phi) is 5.64. The Balaban J connectivity index is 2.09. The third kappa shape index (κ3) is 3.90. The summed E-state index contributed by atoms with van der Waals surface area (Å²) in [6, 6.07) is 6.75. The van der Waals surface area contributed by atoms with Crippen LogP contribution in [0.3, 0.4) is 0 Å². The molecule has 1 amide bonds. The SMILES string of the molecule is Bc1ccc(Nc2c(C(=O)NOCCO)cc3c(ncn3C)c2F)c(Cl)c1.